The molecule has 1 aromatic heterocycles. The molecule has 0 bridgehead atoms. The molecule has 3 N–H and O–H groups in total. The molecule has 0 spiro atoms. The Labute approximate surface area is 93.5 Å². The molecule has 88 valence electrons. The molecule has 0 atom stereocenters. The minimum Gasteiger partial charge on any atom is -0.408 e. The van der Waals surface area contributed by atoms with Gasteiger partial charge in [0, 0.05) is 6.54 Å². The second-order valence-electron chi connectivity index (χ2n) is 3.16. The Morgan fingerprint density at radius 2 is 2.31 bits per heavy atom. The maximum Gasteiger partial charge on any atom is 0.417 e. The van der Waals surface area contributed by atoms with Crippen molar-refractivity contribution in [2.45, 2.75) is 6.42 Å². The van der Waals surface area contributed by atoms with E-state index in [1.807, 2.05) is 6.08 Å². The lowest BCUT2D eigenvalue weighted by Crippen LogP contribution is -2.18. The molecule has 5 heteroatoms. The summed E-state index contributed by atoms with van der Waals surface area (Å²) in [4.78, 5) is 13.5. The van der Waals surface area contributed by atoms with Crippen LogP contribution in [0.25, 0.3) is 12.2 Å². The second kappa shape index (κ2) is 6.81. The zero-order valence-corrected chi connectivity index (χ0v) is 9.03. The molecule has 0 saturated heterocycles. The summed E-state index contributed by atoms with van der Waals surface area (Å²) in [7, 11) is 0. The number of rotatable bonds is 7. The molecule has 1 heterocycles. The molecule has 0 saturated carbocycles. The molecule has 1 rings (SSSR count). The van der Waals surface area contributed by atoms with Crippen molar-refractivity contribution < 1.29 is 9.52 Å². The van der Waals surface area contributed by atoms with Crippen LogP contribution in [0.1, 0.15) is 17.9 Å². The summed E-state index contributed by atoms with van der Waals surface area (Å²) in [6.07, 6.45) is 5.99. The number of aliphatic hydroxyl groups excluding tert-OH is 1. The SMILES string of the molecule is C=Cc1oc(=O)[nH]c1/C=C\CCNCCO. The second-order valence-corrected chi connectivity index (χ2v) is 3.16. The summed E-state index contributed by atoms with van der Waals surface area (Å²) in [6, 6.07) is 0. The number of hydrogen-bond donors (Lipinski definition) is 3. The van der Waals surface area contributed by atoms with Crippen LogP contribution in [0.4, 0.5) is 0 Å². The summed E-state index contributed by atoms with van der Waals surface area (Å²) in [5.41, 5.74) is 0.627. The van der Waals surface area contributed by atoms with Crippen LogP contribution < -0.4 is 11.1 Å². The van der Waals surface area contributed by atoms with Crippen molar-refractivity contribution in [3.8, 4) is 0 Å². The van der Waals surface area contributed by atoms with Crippen LogP contribution in [-0.2, 0) is 0 Å². The average Bonchev–Trinajstić information content (AvgIpc) is 2.64. The fourth-order valence-corrected chi connectivity index (χ4v) is 1.22. The van der Waals surface area contributed by atoms with E-state index in [2.05, 4.69) is 16.9 Å². The minimum atomic E-state index is -0.479. The number of hydrogen-bond acceptors (Lipinski definition) is 4. The van der Waals surface area contributed by atoms with Crippen molar-refractivity contribution in [1.82, 2.24) is 10.3 Å². The first-order valence-corrected chi connectivity index (χ1v) is 5.11. The Morgan fingerprint density at radius 1 is 1.50 bits per heavy atom. The molecule has 1 aromatic rings. The molecule has 16 heavy (non-hydrogen) atoms. The van der Waals surface area contributed by atoms with Gasteiger partial charge in [0.25, 0.3) is 0 Å². The third-order valence-electron chi connectivity index (χ3n) is 1.95. The van der Waals surface area contributed by atoms with Crippen LogP contribution in [-0.4, -0.2) is 29.8 Å². The molecule has 0 amide bonds. The van der Waals surface area contributed by atoms with Crippen molar-refractivity contribution >= 4 is 12.2 Å². The fraction of sp³-hybridized carbons (Fsp3) is 0.364. The van der Waals surface area contributed by atoms with Crippen LogP contribution in [0, 0.1) is 0 Å². The first-order chi connectivity index (χ1) is 7.77. The van der Waals surface area contributed by atoms with E-state index >= 15 is 0 Å². The van der Waals surface area contributed by atoms with E-state index in [-0.39, 0.29) is 6.61 Å². The first kappa shape index (κ1) is 12.5. The van der Waals surface area contributed by atoms with E-state index < -0.39 is 5.76 Å². The quantitative estimate of drug-likeness (QED) is 0.592. The Bertz CT molecular complexity index is 404. The van der Waals surface area contributed by atoms with Crippen molar-refractivity contribution in [3.05, 3.63) is 34.7 Å². The average molecular weight is 224 g/mol. The highest BCUT2D eigenvalue weighted by Crippen LogP contribution is 2.07. The van der Waals surface area contributed by atoms with E-state index in [1.54, 1.807) is 6.08 Å². The Morgan fingerprint density at radius 3 is 3.00 bits per heavy atom. The summed E-state index contributed by atoms with van der Waals surface area (Å²) in [6.45, 7) is 5.06. The summed E-state index contributed by atoms with van der Waals surface area (Å²) >= 11 is 0. The van der Waals surface area contributed by atoms with E-state index in [0.29, 0.717) is 18.0 Å². The van der Waals surface area contributed by atoms with Gasteiger partial charge in [-0.25, -0.2) is 4.79 Å². The van der Waals surface area contributed by atoms with Crippen molar-refractivity contribution in [1.29, 1.82) is 0 Å². The predicted molar refractivity (Wildman–Crippen MR) is 63.0 cm³/mol. The summed E-state index contributed by atoms with van der Waals surface area (Å²) < 4.78 is 4.83. The standard InChI is InChI=1S/C11H16N2O3/c1-2-10-9(13-11(15)16-10)5-3-4-6-12-7-8-14/h2-3,5,12,14H,1,4,6-8H2,(H,13,15)/b5-3-. The third kappa shape index (κ3) is 3.88. The number of nitrogens with one attached hydrogen (secondary N) is 2. The normalized spacial score (nSPS) is 11.1. The molecular weight excluding hydrogens is 208 g/mol. The predicted octanol–water partition coefficient (Wildman–Crippen LogP) is 0.596. The van der Waals surface area contributed by atoms with Crippen molar-refractivity contribution in [3.63, 3.8) is 0 Å². The van der Waals surface area contributed by atoms with Gasteiger partial charge >= 0.3 is 5.76 Å². The van der Waals surface area contributed by atoms with E-state index in [1.165, 1.54) is 6.08 Å². The van der Waals surface area contributed by atoms with Crippen LogP contribution in [0.3, 0.4) is 0 Å². The highest BCUT2D eigenvalue weighted by Gasteiger charge is 2.01. The van der Waals surface area contributed by atoms with Crippen molar-refractivity contribution in [2.75, 3.05) is 19.7 Å². The molecule has 0 aliphatic carbocycles. The van der Waals surface area contributed by atoms with Crippen LogP contribution in [0.15, 0.2) is 21.9 Å². The van der Waals surface area contributed by atoms with Crippen LogP contribution >= 0.6 is 0 Å². The van der Waals surface area contributed by atoms with E-state index in [4.69, 9.17) is 9.52 Å². The van der Waals surface area contributed by atoms with Gasteiger partial charge in [0.2, 0.25) is 0 Å². The third-order valence-corrected chi connectivity index (χ3v) is 1.95. The van der Waals surface area contributed by atoms with Gasteiger partial charge in [0.1, 0.15) is 0 Å². The lowest BCUT2D eigenvalue weighted by atomic mass is 10.3. The molecule has 0 aromatic carbocycles. The molecule has 0 radical (unpaired) electrons. The molecule has 5 nitrogen and oxygen atoms in total. The molecule has 0 unspecified atom stereocenters. The highest BCUT2D eigenvalue weighted by atomic mass is 16.4. The van der Waals surface area contributed by atoms with Gasteiger partial charge in [-0.15, -0.1) is 0 Å². The van der Waals surface area contributed by atoms with Crippen LogP contribution in [0.5, 0.6) is 0 Å². The summed E-state index contributed by atoms with van der Waals surface area (Å²) in [5.74, 6) is -0.0301. The molecular formula is C11H16N2O3. The van der Waals surface area contributed by atoms with Crippen molar-refractivity contribution in [2.24, 2.45) is 0 Å². The van der Waals surface area contributed by atoms with Gasteiger partial charge in [0.05, 0.1) is 12.3 Å². The van der Waals surface area contributed by atoms with E-state index in [0.717, 1.165) is 13.0 Å². The number of aromatic nitrogens is 1. The smallest absolute Gasteiger partial charge is 0.408 e. The zero-order chi connectivity index (χ0) is 11.8. The lowest BCUT2D eigenvalue weighted by molar-refractivity contribution is 0.293. The van der Waals surface area contributed by atoms with Gasteiger partial charge < -0.3 is 14.8 Å². The maximum atomic E-state index is 10.9. The van der Waals surface area contributed by atoms with E-state index in [9.17, 15) is 4.79 Å². The van der Waals surface area contributed by atoms with Gasteiger partial charge in [-0.05, 0) is 25.1 Å². The number of aromatic amines is 1. The fourth-order valence-electron chi connectivity index (χ4n) is 1.22. The van der Waals surface area contributed by atoms with Crippen LogP contribution in [0.2, 0.25) is 0 Å². The maximum absolute atomic E-state index is 10.9. The summed E-state index contributed by atoms with van der Waals surface area (Å²) in [5, 5.41) is 11.6. The van der Waals surface area contributed by atoms with Gasteiger partial charge in [0.15, 0.2) is 5.76 Å². The Kier molecular flexibility index (Phi) is 5.31. The topological polar surface area (TPSA) is 78.3 Å². The minimum absolute atomic E-state index is 0.138. The number of H-pyrrole nitrogens is 1. The largest absolute Gasteiger partial charge is 0.417 e. The monoisotopic (exact) mass is 224 g/mol. The number of aliphatic hydroxyl groups is 1. The highest BCUT2D eigenvalue weighted by molar-refractivity contribution is 5.56. The molecule has 0 aliphatic heterocycles. The lowest BCUT2D eigenvalue weighted by Gasteiger charge is -1.97. The molecule has 0 aliphatic rings. The van der Waals surface area contributed by atoms with Gasteiger partial charge in [-0.1, -0.05) is 12.7 Å². The first-order valence-electron chi connectivity index (χ1n) is 5.11. The Balaban J connectivity index is 2.43. The number of oxazole rings is 1. The Hall–Kier alpha value is -1.59. The van der Waals surface area contributed by atoms with Gasteiger partial charge in [-0.2, -0.15) is 0 Å². The zero-order valence-electron chi connectivity index (χ0n) is 9.03. The molecule has 0 fully saturated rings. The van der Waals surface area contributed by atoms with Gasteiger partial charge in [-0.3, -0.25) is 4.98 Å².